The summed E-state index contributed by atoms with van der Waals surface area (Å²) in [6.07, 6.45) is 0.115. The van der Waals surface area contributed by atoms with Crippen molar-refractivity contribution in [1.82, 2.24) is 9.80 Å². The molecule has 11 heteroatoms. The second kappa shape index (κ2) is 13.6. The van der Waals surface area contributed by atoms with Gasteiger partial charge in [-0.3, -0.25) is 19.3 Å². The molecule has 0 bridgehead atoms. The van der Waals surface area contributed by atoms with Gasteiger partial charge in [0.2, 0.25) is 5.91 Å². The van der Waals surface area contributed by atoms with Gasteiger partial charge in [0, 0.05) is 65.7 Å². The molecule has 2 aliphatic heterocycles. The Hall–Kier alpha value is -4.22. The zero-order chi connectivity index (χ0) is 31.4. The quantitative estimate of drug-likeness (QED) is 0.261. The summed E-state index contributed by atoms with van der Waals surface area (Å²) in [4.78, 5) is 55.3. The van der Waals surface area contributed by atoms with Crippen LogP contribution in [-0.4, -0.2) is 78.4 Å². The van der Waals surface area contributed by atoms with E-state index in [1.54, 1.807) is 60.5 Å². The van der Waals surface area contributed by atoms with Crippen LogP contribution in [0.15, 0.2) is 77.3 Å². The van der Waals surface area contributed by atoms with Crippen molar-refractivity contribution < 1.29 is 28.7 Å². The van der Waals surface area contributed by atoms with Gasteiger partial charge in [-0.25, -0.2) is 4.79 Å². The van der Waals surface area contributed by atoms with Gasteiger partial charge in [-0.2, -0.15) is 0 Å². The lowest BCUT2D eigenvalue weighted by atomic mass is 9.71. The van der Waals surface area contributed by atoms with Crippen molar-refractivity contribution in [3.8, 4) is 5.75 Å². The largest absolute Gasteiger partial charge is 0.497 e. The normalized spacial score (nSPS) is 21.6. The molecule has 3 N–H and O–H groups in total. The van der Waals surface area contributed by atoms with E-state index < -0.39 is 18.0 Å². The highest BCUT2D eigenvalue weighted by Crippen LogP contribution is 2.44. The number of ether oxygens (including phenoxy) is 2. The first-order chi connectivity index (χ1) is 21.1. The molecular weight excluding hydrogens is 628 g/mol. The number of nitrogens with two attached hydrogens (primary N) is 1. The number of nitrogens with one attached hydrogen (secondary N) is 1. The van der Waals surface area contributed by atoms with Crippen LogP contribution in [0.5, 0.6) is 5.75 Å². The van der Waals surface area contributed by atoms with Gasteiger partial charge >= 0.3 is 12.0 Å². The number of ketones is 1. The average molecular weight is 664 g/mol. The Kier molecular flexibility index (Phi) is 9.65. The van der Waals surface area contributed by atoms with E-state index in [-0.39, 0.29) is 48.3 Å². The molecule has 5 rings (SSSR count). The van der Waals surface area contributed by atoms with Crippen LogP contribution in [0.3, 0.4) is 0 Å². The maximum Gasteiger partial charge on any atom is 0.322 e. The summed E-state index contributed by atoms with van der Waals surface area (Å²) in [5, 5.41) is 2.96. The van der Waals surface area contributed by atoms with Crippen molar-refractivity contribution in [2.75, 3.05) is 32.1 Å². The van der Waals surface area contributed by atoms with Crippen LogP contribution in [0.2, 0.25) is 0 Å². The molecule has 2 aliphatic rings. The smallest absolute Gasteiger partial charge is 0.322 e. The molecule has 2 heterocycles. The number of primary amides is 1. The van der Waals surface area contributed by atoms with Crippen molar-refractivity contribution >= 4 is 45.3 Å². The minimum Gasteiger partial charge on any atom is -0.497 e. The summed E-state index contributed by atoms with van der Waals surface area (Å²) in [6.45, 7) is 2.50. The number of urea groups is 1. The number of Topliss-reactive ketones (excluding diaryl/α,β-unsaturated/α-hetero) is 1. The predicted molar refractivity (Wildman–Crippen MR) is 169 cm³/mol. The molecule has 0 radical (unpaired) electrons. The van der Waals surface area contributed by atoms with Gasteiger partial charge in [0.15, 0.2) is 5.78 Å². The van der Waals surface area contributed by atoms with E-state index in [9.17, 15) is 19.2 Å². The van der Waals surface area contributed by atoms with Gasteiger partial charge in [0.25, 0.3) is 0 Å². The van der Waals surface area contributed by atoms with E-state index in [1.807, 2.05) is 24.3 Å². The standard InChI is InChI=1S/C33H35BrN4O6/c1-20(39)44-25-15-16-38-28(17-30(40)26-5-3-4-6-27(26)32(35)41)31(21-7-9-22(34)10-8-21)29(38)19-37(18-25)33(42)36-23-11-13-24(43-2)14-12-23/h3-14,25,28-29,31H,15-19H2,1-2H3,(H2,35,41)(H,36,42)/t25-,28+,29-,31-/m0/s1. The number of rotatable bonds is 8. The van der Waals surface area contributed by atoms with Crippen LogP contribution >= 0.6 is 15.9 Å². The molecule has 3 aromatic carbocycles. The Morgan fingerprint density at radius 2 is 1.64 bits per heavy atom. The highest BCUT2D eigenvalue weighted by atomic mass is 79.9. The maximum absolute atomic E-state index is 13.7. The molecule has 0 aliphatic carbocycles. The van der Waals surface area contributed by atoms with Gasteiger partial charge in [-0.05, 0) is 54.4 Å². The Bertz CT molecular complexity index is 1530. The molecule has 0 saturated carbocycles. The van der Waals surface area contributed by atoms with Crippen molar-refractivity contribution in [1.29, 1.82) is 0 Å². The summed E-state index contributed by atoms with van der Waals surface area (Å²) in [5.41, 5.74) is 7.71. The molecule has 0 spiro atoms. The Balaban J connectivity index is 1.45. The second-order valence-corrected chi connectivity index (χ2v) is 12.0. The molecule has 44 heavy (non-hydrogen) atoms. The molecule has 230 valence electrons. The fraction of sp³-hybridized carbons (Fsp3) is 0.333. The topological polar surface area (TPSA) is 131 Å². The predicted octanol–water partition coefficient (Wildman–Crippen LogP) is 4.84. The van der Waals surface area contributed by atoms with Crippen molar-refractivity contribution in [2.24, 2.45) is 5.73 Å². The number of hydrogen-bond donors (Lipinski definition) is 2. The minimum absolute atomic E-state index is 0.0747. The monoisotopic (exact) mass is 662 g/mol. The van der Waals surface area contributed by atoms with Crippen LogP contribution in [0.1, 0.15) is 52.0 Å². The molecule has 2 saturated heterocycles. The third-order valence-corrected chi connectivity index (χ3v) is 8.85. The first-order valence-corrected chi connectivity index (χ1v) is 15.2. The highest BCUT2D eigenvalue weighted by molar-refractivity contribution is 9.10. The molecule has 3 amide bonds. The Labute approximate surface area is 264 Å². The molecule has 4 atom stereocenters. The van der Waals surface area contributed by atoms with Gasteiger partial charge in [-0.1, -0.05) is 46.3 Å². The Morgan fingerprint density at radius 1 is 0.955 bits per heavy atom. The van der Waals surface area contributed by atoms with E-state index >= 15 is 0 Å². The summed E-state index contributed by atoms with van der Waals surface area (Å²) in [7, 11) is 1.58. The Morgan fingerprint density at radius 3 is 2.27 bits per heavy atom. The van der Waals surface area contributed by atoms with Crippen LogP contribution in [0.25, 0.3) is 0 Å². The van der Waals surface area contributed by atoms with Crippen LogP contribution in [-0.2, 0) is 9.53 Å². The van der Waals surface area contributed by atoms with E-state index in [0.29, 0.717) is 36.5 Å². The molecule has 0 unspecified atom stereocenters. The van der Waals surface area contributed by atoms with Crippen molar-refractivity contribution in [2.45, 2.75) is 43.9 Å². The van der Waals surface area contributed by atoms with E-state index in [1.165, 1.54) is 6.92 Å². The number of esters is 1. The number of methoxy groups -OCH3 is 1. The number of halogens is 1. The first-order valence-electron chi connectivity index (χ1n) is 14.4. The number of carbonyl (C=O) groups is 4. The zero-order valence-corrected chi connectivity index (χ0v) is 26.2. The number of hydrogen-bond acceptors (Lipinski definition) is 7. The first kappa shape index (κ1) is 31.2. The van der Waals surface area contributed by atoms with Gasteiger partial charge < -0.3 is 25.4 Å². The number of fused-ring (bicyclic) bond motifs is 1. The lowest BCUT2D eigenvalue weighted by Crippen LogP contribution is -2.68. The molecule has 0 aromatic heterocycles. The number of anilines is 1. The van der Waals surface area contributed by atoms with E-state index in [2.05, 4.69) is 26.1 Å². The molecule has 3 aromatic rings. The third-order valence-electron chi connectivity index (χ3n) is 8.33. The number of amides is 3. The van der Waals surface area contributed by atoms with E-state index in [0.717, 1.165) is 10.0 Å². The summed E-state index contributed by atoms with van der Waals surface area (Å²) in [5.74, 6) is -0.662. The lowest BCUT2D eigenvalue weighted by molar-refractivity contribution is -0.149. The summed E-state index contributed by atoms with van der Waals surface area (Å²) in [6, 6.07) is 21.0. The fourth-order valence-electron chi connectivity index (χ4n) is 6.28. The second-order valence-electron chi connectivity index (χ2n) is 11.1. The van der Waals surface area contributed by atoms with Crippen LogP contribution in [0, 0.1) is 0 Å². The molecular formula is C33H35BrN4O6. The number of carbonyl (C=O) groups excluding carboxylic acids is 4. The van der Waals surface area contributed by atoms with Crippen molar-refractivity contribution in [3.05, 3.63) is 94.0 Å². The molecule has 10 nitrogen and oxygen atoms in total. The zero-order valence-electron chi connectivity index (χ0n) is 24.6. The van der Waals surface area contributed by atoms with Crippen LogP contribution in [0.4, 0.5) is 10.5 Å². The minimum atomic E-state index is -0.654. The van der Waals surface area contributed by atoms with Gasteiger partial charge in [-0.15, -0.1) is 0 Å². The third kappa shape index (κ3) is 6.95. The molecule has 2 fully saturated rings. The lowest BCUT2D eigenvalue weighted by Gasteiger charge is -2.58. The average Bonchev–Trinajstić information content (AvgIpc) is 2.99. The van der Waals surface area contributed by atoms with E-state index in [4.69, 9.17) is 15.2 Å². The van der Waals surface area contributed by atoms with Gasteiger partial charge in [0.05, 0.1) is 13.7 Å². The summed E-state index contributed by atoms with van der Waals surface area (Å²) >= 11 is 3.51. The van der Waals surface area contributed by atoms with Crippen LogP contribution < -0.4 is 15.8 Å². The fourth-order valence-corrected chi connectivity index (χ4v) is 6.55. The van der Waals surface area contributed by atoms with Gasteiger partial charge in [0.1, 0.15) is 11.9 Å². The summed E-state index contributed by atoms with van der Waals surface area (Å²) < 4.78 is 11.8. The maximum atomic E-state index is 13.7. The highest BCUT2D eigenvalue weighted by Gasteiger charge is 2.51. The number of nitrogens with zero attached hydrogens (tertiary/aromatic N) is 2. The number of benzene rings is 3. The van der Waals surface area contributed by atoms with Crippen molar-refractivity contribution in [3.63, 3.8) is 0 Å². The SMILES string of the molecule is COc1ccc(NC(=O)N2C[C@@H](OC(C)=O)CCN3[C@H](CC(=O)c4ccccc4C(N)=O)[C@H](c4ccc(Br)cc4)[C@@H]3C2)cc1.